The molecule has 0 aromatic heterocycles. The standard InChI is InChI=1S/C20H21Cl2N3O3/c1-28-16-10-8-14(9-11-16)4-2-7-18(26)23-13-19(27)25-24-12-15-5-3-6-17(21)20(15)22/h3,5-6,8-12H,2,4,7,13H2,1H3,(H,23,26)(H,25,27)/b24-12-. The second kappa shape index (κ2) is 11.3. The Balaban J connectivity index is 1.65. The molecule has 2 amide bonds. The number of amides is 2. The van der Waals surface area contributed by atoms with Gasteiger partial charge in [-0.25, -0.2) is 5.43 Å². The van der Waals surface area contributed by atoms with Crippen molar-refractivity contribution in [2.24, 2.45) is 5.10 Å². The van der Waals surface area contributed by atoms with E-state index in [2.05, 4.69) is 15.8 Å². The predicted molar refractivity (Wildman–Crippen MR) is 111 cm³/mol. The number of carbonyl (C=O) groups excluding carboxylic acids is 2. The fourth-order valence-corrected chi connectivity index (χ4v) is 2.70. The third kappa shape index (κ3) is 7.21. The van der Waals surface area contributed by atoms with Crippen molar-refractivity contribution in [3.05, 3.63) is 63.6 Å². The van der Waals surface area contributed by atoms with E-state index in [4.69, 9.17) is 27.9 Å². The molecule has 0 aliphatic carbocycles. The van der Waals surface area contributed by atoms with Crippen molar-refractivity contribution in [3.63, 3.8) is 0 Å². The van der Waals surface area contributed by atoms with Crippen molar-refractivity contribution < 1.29 is 14.3 Å². The first-order valence-electron chi connectivity index (χ1n) is 8.65. The van der Waals surface area contributed by atoms with Gasteiger partial charge in [-0.15, -0.1) is 0 Å². The molecule has 0 unspecified atom stereocenters. The fraction of sp³-hybridized carbons (Fsp3) is 0.250. The monoisotopic (exact) mass is 421 g/mol. The van der Waals surface area contributed by atoms with Gasteiger partial charge in [-0.05, 0) is 36.6 Å². The Kier molecular flexibility index (Phi) is 8.78. The van der Waals surface area contributed by atoms with Gasteiger partial charge in [-0.2, -0.15) is 5.10 Å². The summed E-state index contributed by atoms with van der Waals surface area (Å²) in [4.78, 5) is 23.6. The number of rotatable bonds is 9. The molecule has 0 spiro atoms. The number of hydrazone groups is 1. The van der Waals surface area contributed by atoms with Crippen molar-refractivity contribution in [1.29, 1.82) is 0 Å². The number of nitrogens with zero attached hydrogens (tertiary/aromatic N) is 1. The van der Waals surface area contributed by atoms with Gasteiger partial charge >= 0.3 is 0 Å². The highest BCUT2D eigenvalue weighted by molar-refractivity contribution is 6.43. The molecule has 0 aliphatic heterocycles. The molecule has 0 bridgehead atoms. The second-order valence-electron chi connectivity index (χ2n) is 5.91. The number of benzene rings is 2. The van der Waals surface area contributed by atoms with E-state index in [0.29, 0.717) is 28.5 Å². The molecule has 0 aliphatic rings. The van der Waals surface area contributed by atoms with Crippen LogP contribution in [-0.4, -0.2) is 31.7 Å². The predicted octanol–water partition coefficient (Wildman–Crippen LogP) is 3.59. The third-order valence-corrected chi connectivity index (χ3v) is 4.68. The Hall–Kier alpha value is -2.57. The van der Waals surface area contributed by atoms with Gasteiger partial charge in [0.1, 0.15) is 5.75 Å². The van der Waals surface area contributed by atoms with Crippen LogP contribution in [-0.2, 0) is 16.0 Å². The molecule has 2 aromatic carbocycles. The molecule has 2 aromatic rings. The average molecular weight is 422 g/mol. The summed E-state index contributed by atoms with van der Waals surface area (Å²) in [6.45, 7) is -0.151. The molecule has 0 radical (unpaired) electrons. The van der Waals surface area contributed by atoms with Crippen LogP contribution in [0.1, 0.15) is 24.0 Å². The summed E-state index contributed by atoms with van der Waals surface area (Å²) < 4.78 is 5.11. The van der Waals surface area contributed by atoms with Crippen LogP contribution in [0.4, 0.5) is 0 Å². The number of nitrogens with one attached hydrogen (secondary N) is 2. The Morgan fingerprint density at radius 2 is 1.86 bits per heavy atom. The van der Waals surface area contributed by atoms with E-state index in [-0.39, 0.29) is 12.5 Å². The first-order valence-corrected chi connectivity index (χ1v) is 9.40. The normalized spacial score (nSPS) is 10.7. The summed E-state index contributed by atoms with van der Waals surface area (Å²) in [5.41, 5.74) is 4.03. The van der Waals surface area contributed by atoms with E-state index in [1.807, 2.05) is 24.3 Å². The Morgan fingerprint density at radius 3 is 2.57 bits per heavy atom. The maximum Gasteiger partial charge on any atom is 0.259 e. The first kappa shape index (κ1) is 21.7. The van der Waals surface area contributed by atoms with Crippen molar-refractivity contribution >= 4 is 41.2 Å². The van der Waals surface area contributed by atoms with Gasteiger partial charge in [0.15, 0.2) is 0 Å². The van der Waals surface area contributed by atoms with Crippen LogP contribution < -0.4 is 15.5 Å². The molecular weight excluding hydrogens is 401 g/mol. The smallest absolute Gasteiger partial charge is 0.259 e. The minimum Gasteiger partial charge on any atom is -0.497 e. The molecule has 28 heavy (non-hydrogen) atoms. The van der Waals surface area contributed by atoms with Crippen LogP contribution in [0.15, 0.2) is 47.6 Å². The van der Waals surface area contributed by atoms with Crippen LogP contribution in [0.2, 0.25) is 10.0 Å². The first-order chi connectivity index (χ1) is 13.5. The minimum atomic E-state index is -0.432. The third-order valence-electron chi connectivity index (χ3n) is 3.85. The number of methoxy groups -OCH3 is 1. The van der Waals surface area contributed by atoms with Crippen molar-refractivity contribution in [3.8, 4) is 5.75 Å². The fourth-order valence-electron chi connectivity index (χ4n) is 2.35. The number of halogens is 2. The minimum absolute atomic E-state index is 0.151. The lowest BCUT2D eigenvalue weighted by molar-refractivity contribution is -0.126. The summed E-state index contributed by atoms with van der Waals surface area (Å²) in [7, 11) is 1.62. The lowest BCUT2D eigenvalue weighted by Crippen LogP contribution is -2.34. The second-order valence-corrected chi connectivity index (χ2v) is 6.70. The van der Waals surface area contributed by atoms with Gasteiger partial charge in [0, 0.05) is 12.0 Å². The summed E-state index contributed by atoms with van der Waals surface area (Å²) in [5.74, 6) is 0.177. The number of aryl methyl sites for hydroxylation is 1. The maximum atomic E-state index is 11.8. The van der Waals surface area contributed by atoms with Crippen molar-refractivity contribution in [2.75, 3.05) is 13.7 Å². The molecule has 2 N–H and O–H groups in total. The summed E-state index contributed by atoms with van der Waals surface area (Å²) >= 11 is 11.9. The van der Waals surface area contributed by atoms with Gasteiger partial charge < -0.3 is 10.1 Å². The number of ether oxygens (including phenoxy) is 1. The number of hydrogen-bond donors (Lipinski definition) is 2. The quantitative estimate of drug-likeness (QED) is 0.479. The van der Waals surface area contributed by atoms with E-state index >= 15 is 0 Å². The Bertz CT molecular complexity index is 839. The average Bonchev–Trinajstić information content (AvgIpc) is 2.70. The van der Waals surface area contributed by atoms with Crippen LogP contribution in [0.25, 0.3) is 0 Å². The molecule has 0 atom stereocenters. The topological polar surface area (TPSA) is 79.8 Å². The maximum absolute atomic E-state index is 11.8. The van der Waals surface area contributed by atoms with Gasteiger partial charge in [0.25, 0.3) is 5.91 Å². The van der Waals surface area contributed by atoms with Gasteiger partial charge in [0.2, 0.25) is 5.91 Å². The molecule has 0 heterocycles. The molecule has 0 saturated carbocycles. The molecular formula is C20H21Cl2N3O3. The molecule has 2 rings (SSSR count). The number of carbonyl (C=O) groups is 2. The van der Waals surface area contributed by atoms with Crippen molar-refractivity contribution in [2.45, 2.75) is 19.3 Å². The Labute approximate surface area is 173 Å². The highest BCUT2D eigenvalue weighted by atomic mass is 35.5. The highest BCUT2D eigenvalue weighted by Gasteiger charge is 2.06. The van der Waals surface area contributed by atoms with Crippen LogP contribution in [0, 0.1) is 0 Å². The molecule has 0 saturated heterocycles. The van der Waals surface area contributed by atoms with Crippen LogP contribution in [0.5, 0.6) is 5.75 Å². The zero-order chi connectivity index (χ0) is 20.4. The lowest BCUT2D eigenvalue weighted by atomic mass is 10.1. The Morgan fingerprint density at radius 1 is 1.11 bits per heavy atom. The van der Waals surface area contributed by atoms with E-state index in [9.17, 15) is 9.59 Å². The zero-order valence-electron chi connectivity index (χ0n) is 15.4. The van der Waals surface area contributed by atoms with Gasteiger partial charge in [-0.3, -0.25) is 9.59 Å². The van der Waals surface area contributed by atoms with E-state index in [1.54, 1.807) is 25.3 Å². The summed E-state index contributed by atoms with van der Waals surface area (Å²) in [6.07, 6.45) is 3.18. The summed E-state index contributed by atoms with van der Waals surface area (Å²) in [5, 5.41) is 7.13. The van der Waals surface area contributed by atoms with E-state index in [1.165, 1.54) is 6.21 Å². The van der Waals surface area contributed by atoms with Gasteiger partial charge in [0.05, 0.1) is 29.9 Å². The SMILES string of the molecule is COc1ccc(CCCC(=O)NCC(=O)N/N=C\c2cccc(Cl)c2Cl)cc1. The van der Waals surface area contributed by atoms with E-state index in [0.717, 1.165) is 17.7 Å². The molecule has 148 valence electrons. The van der Waals surface area contributed by atoms with E-state index < -0.39 is 5.91 Å². The zero-order valence-corrected chi connectivity index (χ0v) is 16.9. The highest BCUT2D eigenvalue weighted by Crippen LogP contribution is 2.24. The number of hydrogen-bond acceptors (Lipinski definition) is 4. The van der Waals surface area contributed by atoms with Crippen LogP contribution >= 0.6 is 23.2 Å². The summed E-state index contributed by atoms with van der Waals surface area (Å²) in [6, 6.07) is 12.8. The van der Waals surface area contributed by atoms with Crippen LogP contribution in [0.3, 0.4) is 0 Å². The molecule has 0 fully saturated rings. The largest absolute Gasteiger partial charge is 0.497 e. The lowest BCUT2D eigenvalue weighted by Gasteiger charge is -2.05. The molecule has 8 heteroatoms. The van der Waals surface area contributed by atoms with Crippen molar-refractivity contribution in [1.82, 2.24) is 10.7 Å². The van der Waals surface area contributed by atoms with Gasteiger partial charge in [-0.1, -0.05) is 47.5 Å². The molecule has 6 nitrogen and oxygen atoms in total.